The number of nitriles is 1. The van der Waals surface area contributed by atoms with Gasteiger partial charge in [0.2, 0.25) is 0 Å². The van der Waals surface area contributed by atoms with E-state index in [4.69, 9.17) is 14.2 Å². The molecule has 0 bridgehead atoms. The molecule has 7 nitrogen and oxygen atoms in total. The topological polar surface area (TPSA) is 103 Å². The Bertz CT molecular complexity index is 1570. The summed E-state index contributed by atoms with van der Waals surface area (Å²) in [5.74, 6) is -2.55. The third-order valence-electron chi connectivity index (χ3n) is 5.74. The second-order valence-electron chi connectivity index (χ2n) is 8.42. The van der Waals surface area contributed by atoms with Crippen LogP contribution < -0.4 is 0 Å². The van der Waals surface area contributed by atoms with Crippen molar-refractivity contribution < 1.29 is 28.6 Å². The Morgan fingerprint density at radius 2 is 0.875 bits per heavy atom. The molecule has 0 aliphatic rings. The molecule has 4 rings (SSSR count). The smallest absolute Gasteiger partial charge is 0.340 e. The third-order valence-corrected chi connectivity index (χ3v) is 8.93. The Morgan fingerprint density at radius 3 is 1.25 bits per heavy atom. The monoisotopic (exact) mass is 757 g/mol. The maximum atomic E-state index is 13.5. The fourth-order valence-electron chi connectivity index (χ4n) is 3.77. The largest absolute Gasteiger partial charge is 0.457 e. The first-order chi connectivity index (χ1) is 19.4. The van der Waals surface area contributed by atoms with E-state index in [2.05, 4.69) is 0 Å². The summed E-state index contributed by atoms with van der Waals surface area (Å²) in [5, 5.41) is 10.2. The number of carbonyl (C=O) groups is 3. The van der Waals surface area contributed by atoms with Gasteiger partial charge in [0, 0.05) is 7.14 Å². The second kappa shape index (κ2) is 14.0. The molecule has 9 heteroatoms. The molecule has 0 unspecified atom stereocenters. The highest BCUT2D eigenvalue weighted by Gasteiger charge is 2.34. The number of esters is 3. The summed E-state index contributed by atoms with van der Waals surface area (Å²) in [5.41, 5.74) is 1.30. The van der Waals surface area contributed by atoms with E-state index in [0.29, 0.717) is 9.13 Å². The molecular weight excluding hydrogens is 736 g/mol. The van der Waals surface area contributed by atoms with Gasteiger partial charge in [-0.15, -0.1) is 0 Å². The quantitative estimate of drug-likeness (QED) is 0.105. The van der Waals surface area contributed by atoms with Gasteiger partial charge in [0.25, 0.3) is 0 Å². The Labute approximate surface area is 258 Å². The predicted molar refractivity (Wildman–Crippen MR) is 163 cm³/mol. The molecule has 200 valence electrons. The molecule has 0 aliphatic heterocycles. The lowest BCUT2D eigenvalue weighted by Crippen LogP contribution is -2.22. The lowest BCUT2D eigenvalue weighted by molar-refractivity contribution is 0.0420. The van der Waals surface area contributed by atoms with Crippen molar-refractivity contribution in [2.45, 2.75) is 19.8 Å². The fourth-order valence-corrected chi connectivity index (χ4v) is 5.29. The van der Waals surface area contributed by atoms with Crippen LogP contribution in [0.1, 0.15) is 53.3 Å². The molecule has 0 radical (unpaired) electrons. The SMILES string of the molecule is N#Cc1c(C(=O)OCc2ccccc2)c(I)c(I)c(C(=O)OCc2ccccc2)c1C(=O)OCc1ccccc1. The van der Waals surface area contributed by atoms with Crippen LogP contribution in [0.4, 0.5) is 0 Å². The van der Waals surface area contributed by atoms with Crippen LogP contribution in [0, 0.1) is 18.5 Å². The first kappa shape index (κ1) is 29.2. The molecule has 0 aliphatic carbocycles. The summed E-state index contributed by atoms with van der Waals surface area (Å²) in [6.07, 6.45) is 0. The number of rotatable bonds is 9. The minimum Gasteiger partial charge on any atom is -0.457 e. The molecule has 0 spiro atoms. The zero-order valence-electron chi connectivity index (χ0n) is 20.9. The van der Waals surface area contributed by atoms with Gasteiger partial charge in [-0.25, -0.2) is 14.4 Å². The molecule has 40 heavy (non-hydrogen) atoms. The van der Waals surface area contributed by atoms with Gasteiger partial charge >= 0.3 is 17.9 Å². The first-order valence-electron chi connectivity index (χ1n) is 12.0. The number of carbonyl (C=O) groups excluding carboxylic acids is 3. The van der Waals surface area contributed by atoms with Crippen molar-refractivity contribution in [1.82, 2.24) is 0 Å². The fraction of sp³-hybridized carbons (Fsp3) is 0.0968. The van der Waals surface area contributed by atoms with Crippen LogP contribution in [-0.2, 0) is 34.0 Å². The average molecular weight is 757 g/mol. The van der Waals surface area contributed by atoms with Crippen molar-refractivity contribution in [1.29, 1.82) is 5.26 Å². The zero-order chi connectivity index (χ0) is 28.5. The van der Waals surface area contributed by atoms with Gasteiger partial charge in [-0.05, 0) is 61.9 Å². The lowest BCUT2D eigenvalue weighted by Gasteiger charge is -2.18. The number of benzene rings is 4. The summed E-state index contributed by atoms with van der Waals surface area (Å²) in [6, 6.07) is 29.0. The van der Waals surface area contributed by atoms with Crippen LogP contribution in [0.2, 0.25) is 0 Å². The highest BCUT2D eigenvalue weighted by molar-refractivity contribution is 14.1. The highest BCUT2D eigenvalue weighted by Crippen LogP contribution is 2.33. The van der Waals surface area contributed by atoms with Gasteiger partial charge in [-0.3, -0.25) is 0 Å². The van der Waals surface area contributed by atoms with Crippen molar-refractivity contribution in [3.8, 4) is 6.07 Å². The van der Waals surface area contributed by atoms with Gasteiger partial charge in [-0.1, -0.05) is 91.0 Å². The lowest BCUT2D eigenvalue weighted by atomic mass is 9.96. The van der Waals surface area contributed by atoms with E-state index in [1.165, 1.54) is 0 Å². The Morgan fingerprint density at radius 1 is 0.550 bits per heavy atom. The minimum atomic E-state index is -0.932. The highest BCUT2D eigenvalue weighted by atomic mass is 127. The van der Waals surface area contributed by atoms with Crippen LogP contribution in [0.5, 0.6) is 0 Å². The summed E-state index contributed by atoms with van der Waals surface area (Å²) in [7, 11) is 0. The van der Waals surface area contributed by atoms with Gasteiger partial charge in [0.05, 0.1) is 22.3 Å². The molecule has 0 atom stereocenters. The molecule has 0 N–H and O–H groups in total. The maximum Gasteiger partial charge on any atom is 0.340 e. The Kier molecular flexibility index (Phi) is 10.3. The van der Waals surface area contributed by atoms with Gasteiger partial charge in [0.15, 0.2) is 0 Å². The van der Waals surface area contributed by atoms with Crippen LogP contribution in [0.25, 0.3) is 0 Å². The second-order valence-corrected chi connectivity index (χ2v) is 10.6. The summed E-state index contributed by atoms with van der Waals surface area (Å²) < 4.78 is 17.1. The van der Waals surface area contributed by atoms with Crippen molar-refractivity contribution in [2.75, 3.05) is 0 Å². The number of hydrogen-bond donors (Lipinski definition) is 0. The van der Waals surface area contributed by atoms with E-state index < -0.39 is 17.9 Å². The number of ether oxygens (including phenoxy) is 3. The maximum absolute atomic E-state index is 13.5. The van der Waals surface area contributed by atoms with Crippen molar-refractivity contribution in [3.63, 3.8) is 0 Å². The number of hydrogen-bond acceptors (Lipinski definition) is 7. The van der Waals surface area contributed by atoms with Gasteiger partial charge in [-0.2, -0.15) is 5.26 Å². The van der Waals surface area contributed by atoms with E-state index in [0.717, 1.165) is 11.1 Å². The van der Waals surface area contributed by atoms with E-state index in [9.17, 15) is 19.6 Å². The minimum absolute atomic E-state index is 0.0359. The predicted octanol–water partition coefficient (Wildman–Crippen LogP) is 6.84. The molecule has 4 aromatic carbocycles. The van der Waals surface area contributed by atoms with E-state index >= 15 is 0 Å². The van der Waals surface area contributed by atoms with E-state index in [-0.39, 0.29) is 45.6 Å². The molecule has 0 amide bonds. The average Bonchev–Trinajstić information content (AvgIpc) is 2.99. The zero-order valence-corrected chi connectivity index (χ0v) is 25.2. The summed E-state index contributed by atoms with van der Waals surface area (Å²) >= 11 is 3.75. The van der Waals surface area contributed by atoms with Crippen molar-refractivity contribution >= 4 is 63.1 Å². The first-order valence-corrected chi connectivity index (χ1v) is 14.1. The Balaban J connectivity index is 1.73. The van der Waals surface area contributed by atoms with Gasteiger partial charge < -0.3 is 14.2 Å². The summed E-state index contributed by atoms with van der Waals surface area (Å²) in [4.78, 5) is 40.1. The normalized spacial score (nSPS) is 10.3. The van der Waals surface area contributed by atoms with Crippen molar-refractivity contribution in [2.24, 2.45) is 0 Å². The van der Waals surface area contributed by atoms with Crippen LogP contribution in [0.3, 0.4) is 0 Å². The van der Waals surface area contributed by atoms with Crippen LogP contribution in [-0.4, -0.2) is 17.9 Å². The molecule has 0 saturated carbocycles. The number of nitrogens with zero attached hydrogens (tertiary/aromatic N) is 1. The van der Waals surface area contributed by atoms with E-state index in [1.807, 2.05) is 93.7 Å². The number of halogens is 2. The molecular formula is C31H21I2NO6. The molecule has 0 aromatic heterocycles. The molecule has 0 fully saturated rings. The third kappa shape index (κ3) is 7.05. The van der Waals surface area contributed by atoms with Gasteiger partial charge in [0.1, 0.15) is 25.9 Å². The molecule has 0 heterocycles. The Hall–Kier alpha value is -3.76. The summed E-state index contributed by atoms with van der Waals surface area (Å²) in [6.45, 7) is -0.182. The molecule has 0 saturated heterocycles. The molecule has 4 aromatic rings. The van der Waals surface area contributed by atoms with E-state index in [1.54, 1.807) is 48.5 Å². The standard InChI is InChI=1S/C31H21I2NO6/c32-27-25(30(36)39-18-21-12-6-2-7-13-21)23(16-34)24(29(35)38-17-20-10-4-1-5-11-20)26(28(27)33)31(37)40-19-22-14-8-3-9-15-22/h1-15H,17-19H2. The van der Waals surface area contributed by atoms with Crippen LogP contribution >= 0.6 is 45.2 Å². The van der Waals surface area contributed by atoms with Crippen molar-refractivity contribution in [3.05, 3.63) is 137 Å². The van der Waals surface area contributed by atoms with Crippen LogP contribution in [0.15, 0.2) is 91.0 Å².